The number of carbonyl (C=O) groups is 1. The maximum Gasteiger partial charge on any atom is 0.252 e. The lowest BCUT2D eigenvalue weighted by molar-refractivity contribution is -0.146. The minimum Gasteiger partial charge on any atom is -0.388 e. The zero-order chi connectivity index (χ0) is 25.4. The van der Waals surface area contributed by atoms with Gasteiger partial charge in [-0.2, -0.15) is 0 Å². The molecule has 3 heterocycles. The fourth-order valence-corrected chi connectivity index (χ4v) is 4.14. The summed E-state index contributed by atoms with van der Waals surface area (Å²) in [5.74, 6) is -0.401. The molecule has 0 aliphatic carbocycles. The Bertz CT molecular complexity index is 834. The molecule has 0 spiro atoms. The predicted molar refractivity (Wildman–Crippen MR) is 122 cm³/mol. The molecule has 2 saturated heterocycles. The highest BCUT2D eigenvalue weighted by atomic mass is 16.6. The van der Waals surface area contributed by atoms with Crippen LogP contribution in [0.15, 0.2) is 6.20 Å². The predicted octanol–water partition coefficient (Wildman–Crippen LogP) is 0.731. The topological polar surface area (TPSA) is 137 Å². The second-order valence-electron chi connectivity index (χ2n) is 11.1. The molecule has 11 heteroatoms. The fraction of sp³-hybridized carbons (Fsp3) is 0.870. The van der Waals surface area contributed by atoms with Gasteiger partial charge in [-0.25, -0.2) is 4.68 Å². The van der Waals surface area contributed by atoms with E-state index in [1.54, 1.807) is 24.7 Å². The molecule has 194 valence electrons. The van der Waals surface area contributed by atoms with Crippen LogP contribution in [0.2, 0.25) is 0 Å². The molecule has 1 aromatic rings. The lowest BCUT2D eigenvalue weighted by Gasteiger charge is -2.28. The fourth-order valence-electron chi connectivity index (χ4n) is 4.14. The third kappa shape index (κ3) is 6.52. The first-order valence-corrected chi connectivity index (χ1v) is 11.8. The van der Waals surface area contributed by atoms with E-state index in [1.165, 1.54) is 0 Å². The van der Waals surface area contributed by atoms with E-state index in [1.807, 2.05) is 41.5 Å². The summed E-state index contributed by atoms with van der Waals surface area (Å²) in [6, 6.07) is -0.465. The minimum absolute atomic E-state index is 0.105. The van der Waals surface area contributed by atoms with E-state index in [0.29, 0.717) is 12.3 Å². The number of ether oxygens (including phenoxy) is 4. The lowest BCUT2D eigenvalue weighted by atomic mass is 10.1. The molecular formula is C23H40N4O7. The van der Waals surface area contributed by atoms with Crippen molar-refractivity contribution >= 4 is 5.91 Å². The molecule has 2 aliphatic heterocycles. The van der Waals surface area contributed by atoms with Crippen LogP contribution in [0.25, 0.3) is 0 Å². The van der Waals surface area contributed by atoms with Crippen molar-refractivity contribution in [3.05, 3.63) is 11.9 Å². The van der Waals surface area contributed by atoms with Gasteiger partial charge in [-0.15, -0.1) is 5.10 Å². The summed E-state index contributed by atoms with van der Waals surface area (Å²) in [6.45, 7) is 15.4. The van der Waals surface area contributed by atoms with Crippen LogP contribution in [0.1, 0.15) is 67.1 Å². The van der Waals surface area contributed by atoms with Crippen molar-refractivity contribution in [2.24, 2.45) is 0 Å². The highest BCUT2D eigenvalue weighted by molar-refractivity contribution is 5.82. The zero-order valence-corrected chi connectivity index (χ0v) is 21.4. The largest absolute Gasteiger partial charge is 0.388 e. The van der Waals surface area contributed by atoms with Gasteiger partial charge in [-0.3, -0.25) is 4.79 Å². The van der Waals surface area contributed by atoms with Crippen molar-refractivity contribution in [3.63, 3.8) is 0 Å². The van der Waals surface area contributed by atoms with Gasteiger partial charge in [0.25, 0.3) is 5.91 Å². The third-order valence-electron chi connectivity index (χ3n) is 5.81. The molecule has 0 saturated carbocycles. The Hall–Kier alpha value is -1.63. The van der Waals surface area contributed by atoms with Crippen LogP contribution in [0.3, 0.4) is 0 Å². The molecule has 3 N–H and O–H groups in total. The summed E-state index contributed by atoms with van der Waals surface area (Å²) in [5, 5.41) is 32.2. The van der Waals surface area contributed by atoms with Crippen molar-refractivity contribution in [2.75, 3.05) is 6.61 Å². The molecule has 1 amide bonds. The Morgan fingerprint density at radius 3 is 2.35 bits per heavy atom. The number of hydrogen-bond acceptors (Lipinski definition) is 9. The maximum absolute atomic E-state index is 12.8. The van der Waals surface area contributed by atoms with E-state index in [4.69, 9.17) is 18.9 Å². The average molecular weight is 485 g/mol. The molecule has 2 fully saturated rings. The van der Waals surface area contributed by atoms with Gasteiger partial charge in [0, 0.05) is 0 Å². The van der Waals surface area contributed by atoms with E-state index in [9.17, 15) is 15.0 Å². The Kier molecular flexibility index (Phi) is 8.06. The van der Waals surface area contributed by atoms with Gasteiger partial charge in [0.05, 0.1) is 42.8 Å². The third-order valence-corrected chi connectivity index (χ3v) is 5.81. The van der Waals surface area contributed by atoms with Crippen LogP contribution in [0.4, 0.5) is 0 Å². The van der Waals surface area contributed by atoms with Crippen LogP contribution in [0, 0.1) is 0 Å². The number of amides is 1. The van der Waals surface area contributed by atoms with E-state index in [0.717, 1.165) is 0 Å². The standard InChI is InChI=1S/C23H40N4O7/c1-12-17(28)16(15(32-12)11-31-22(3,4)5)27-10-14(25-26-27)9-24-21(30)20-19(34-23(6,7)8)18(29)13(2)33-20/h10,12-13,15-20,28-29H,9,11H2,1-8H3,(H,24,30)/t12-,13-,15+,16-,17?,18?,19+,20-/m0/s1. The number of aromatic nitrogens is 3. The molecule has 1 aromatic heterocycles. The molecule has 34 heavy (non-hydrogen) atoms. The van der Waals surface area contributed by atoms with E-state index in [2.05, 4.69) is 15.6 Å². The highest BCUT2D eigenvalue weighted by Crippen LogP contribution is 2.32. The summed E-state index contributed by atoms with van der Waals surface area (Å²) < 4.78 is 24.9. The van der Waals surface area contributed by atoms with Crippen LogP contribution in [0.5, 0.6) is 0 Å². The van der Waals surface area contributed by atoms with Crippen LogP contribution in [-0.4, -0.2) is 91.7 Å². The molecule has 0 aromatic carbocycles. The minimum atomic E-state index is -0.941. The van der Waals surface area contributed by atoms with E-state index in [-0.39, 0.29) is 18.2 Å². The van der Waals surface area contributed by atoms with Crippen molar-refractivity contribution in [2.45, 2.75) is 122 Å². The first kappa shape index (κ1) is 27.0. The Morgan fingerprint density at radius 2 is 1.74 bits per heavy atom. The van der Waals surface area contributed by atoms with Crippen molar-refractivity contribution in [1.82, 2.24) is 20.3 Å². The van der Waals surface area contributed by atoms with Gasteiger partial charge in [-0.05, 0) is 55.4 Å². The molecular weight excluding hydrogens is 444 g/mol. The monoisotopic (exact) mass is 484 g/mol. The van der Waals surface area contributed by atoms with Gasteiger partial charge in [0.1, 0.15) is 36.2 Å². The Balaban J connectivity index is 1.63. The molecule has 2 unspecified atom stereocenters. The van der Waals surface area contributed by atoms with Crippen molar-refractivity contribution in [1.29, 1.82) is 0 Å². The van der Waals surface area contributed by atoms with Crippen LogP contribution >= 0.6 is 0 Å². The van der Waals surface area contributed by atoms with Gasteiger partial charge >= 0.3 is 0 Å². The molecule has 2 aliphatic rings. The quantitative estimate of drug-likeness (QED) is 0.511. The van der Waals surface area contributed by atoms with Gasteiger partial charge in [0.15, 0.2) is 6.10 Å². The second-order valence-corrected chi connectivity index (χ2v) is 11.1. The maximum atomic E-state index is 12.8. The first-order chi connectivity index (χ1) is 15.7. The lowest BCUT2D eigenvalue weighted by Crippen LogP contribution is -2.47. The smallest absolute Gasteiger partial charge is 0.252 e. The Labute approximate surface area is 201 Å². The normalized spacial score (nSPS) is 34.5. The number of nitrogens with one attached hydrogen (secondary N) is 1. The number of aliphatic hydroxyl groups is 2. The van der Waals surface area contributed by atoms with Gasteiger partial charge < -0.3 is 34.5 Å². The summed E-state index contributed by atoms with van der Waals surface area (Å²) in [5.41, 5.74) is -0.380. The number of rotatable bonds is 7. The first-order valence-electron chi connectivity index (χ1n) is 11.8. The van der Waals surface area contributed by atoms with Gasteiger partial charge in [0.2, 0.25) is 0 Å². The van der Waals surface area contributed by atoms with E-state index < -0.39 is 54.2 Å². The number of carbonyl (C=O) groups excluding carboxylic acids is 1. The highest BCUT2D eigenvalue weighted by Gasteiger charge is 2.48. The summed E-state index contributed by atoms with van der Waals surface area (Å²) >= 11 is 0. The SMILES string of the molecule is C[C@@H]1O[C@H](C(=O)NCc2cn([C@@H]3C(O)[C@H](C)O[C@@H]3COC(C)(C)C)nn2)[C@H](OC(C)(C)C)C1O. The molecule has 0 bridgehead atoms. The van der Waals surface area contributed by atoms with Crippen LogP contribution in [-0.2, 0) is 30.3 Å². The molecule has 0 radical (unpaired) electrons. The molecule has 11 nitrogen and oxygen atoms in total. The average Bonchev–Trinajstić information content (AvgIpc) is 3.36. The number of aliphatic hydroxyl groups excluding tert-OH is 2. The van der Waals surface area contributed by atoms with E-state index >= 15 is 0 Å². The summed E-state index contributed by atoms with van der Waals surface area (Å²) in [6.07, 6.45) is -3.02. The van der Waals surface area contributed by atoms with Crippen molar-refractivity contribution < 1.29 is 34.0 Å². The number of hydrogen-bond donors (Lipinski definition) is 3. The Morgan fingerprint density at radius 1 is 1.09 bits per heavy atom. The second kappa shape index (κ2) is 10.2. The van der Waals surface area contributed by atoms with Crippen LogP contribution < -0.4 is 5.32 Å². The summed E-state index contributed by atoms with van der Waals surface area (Å²) in [4.78, 5) is 12.8. The molecule has 3 rings (SSSR count). The van der Waals surface area contributed by atoms with Crippen molar-refractivity contribution in [3.8, 4) is 0 Å². The summed E-state index contributed by atoms with van der Waals surface area (Å²) in [7, 11) is 0. The van der Waals surface area contributed by atoms with Gasteiger partial charge in [-0.1, -0.05) is 5.21 Å². The zero-order valence-electron chi connectivity index (χ0n) is 21.4. The molecule has 8 atom stereocenters. The number of nitrogens with zero attached hydrogens (tertiary/aromatic N) is 3.